The summed E-state index contributed by atoms with van der Waals surface area (Å²) in [7, 11) is 1.66. The van der Waals surface area contributed by atoms with Crippen LogP contribution in [0.5, 0.6) is 5.75 Å². The highest BCUT2D eigenvalue weighted by atomic mass is 32.1. The van der Waals surface area contributed by atoms with Crippen molar-refractivity contribution in [1.82, 2.24) is 10.3 Å². The first kappa shape index (κ1) is 17.5. The Morgan fingerprint density at radius 1 is 1.30 bits per heavy atom. The third-order valence-electron chi connectivity index (χ3n) is 3.65. The Balaban J connectivity index is 2.05. The maximum Gasteiger partial charge on any atom is 0.225 e. The molecule has 0 radical (unpaired) electrons. The molecule has 23 heavy (non-hydrogen) atoms. The summed E-state index contributed by atoms with van der Waals surface area (Å²) in [5, 5.41) is 3.88. The standard InChI is InChI=1S/C18H24N2O2S/c1-4-5-8-11-19-17(21)12-16-13(2)20-18(23-16)14-9-6-7-10-15(14)22-3/h6-7,9-10H,4-5,8,11-12H2,1-3H3,(H,19,21). The lowest BCUT2D eigenvalue weighted by atomic mass is 10.2. The number of para-hydroxylation sites is 1. The number of hydrogen-bond acceptors (Lipinski definition) is 4. The summed E-state index contributed by atoms with van der Waals surface area (Å²) in [6, 6.07) is 7.82. The summed E-state index contributed by atoms with van der Waals surface area (Å²) in [5.41, 5.74) is 1.89. The second-order valence-electron chi connectivity index (χ2n) is 5.46. The zero-order chi connectivity index (χ0) is 16.7. The predicted molar refractivity (Wildman–Crippen MR) is 95.1 cm³/mol. The molecule has 124 valence electrons. The number of rotatable bonds is 8. The number of hydrogen-bond donors (Lipinski definition) is 1. The van der Waals surface area contributed by atoms with Crippen LogP contribution in [0.15, 0.2) is 24.3 Å². The number of benzene rings is 1. The van der Waals surface area contributed by atoms with Crippen LogP contribution in [-0.2, 0) is 11.2 Å². The molecular formula is C18H24N2O2S. The number of nitrogens with zero attached hydrogens (tertiary/aromatic N) is 1. The summed E-state index contributed by atoms with van der Waals surface area (Å²) in [6.07, 6.45) is 3.74. The normalized spacial score (nSPS) is 10.6. The molecule has 0 atom stereocenters. The van der Waals surface area contributed by atoms with E-state index in [0.29, 0.717) is 6.42 Å². The molecule has 1 aromatic heterocycles. The second kappa shape index (κ2) is 8.67. The predicted octanol–water partition coefficient (Wildman–Crippen LogP) is 3.98. The molecule has 4 nitrogen and oxygen atoms in total. The van der Waals surface area contributed by atoms with Crippen LogP contribution >= 0.6 is 11.3 Å². The Morgan fingerprint density at radius 3 is 2.83 bits per heavy atom. The van der Waals surface area contributed by atoms with Crippen molar-refractivity contribution in [3.05, 3.63) is 34.8 Å². The number of carbonyl (C=O) groups is 1. The van der Waals surface area contributed by atoms with Crippen LogP contribution in [0.3, 0.4) is 0 Å². The smallest absolute Gasteiger partial charge is 0.225 e. The molecule has 0 saturated heterocycles. The van der Waals surface area contributed by atoms with Crippen molar-refractivity contribution in [3.63, 3.8) is 0 Å². The van der Waals surface area contributed by atoms with E-state index >= 15 is 0 Å². The fraction of sp³-hybridized carbons (Fsp3) is 0.444. The van der Waals surface area contributed by atoms with Gasteiger partial charge in [0.05, 0.1) is 24.8 Å². The Morgan fingerprint density at radius 2 is 2.09 bits per heavy atom. The lowest BCUT2D eigenvalue weighted by Crippen LogP contribution is -2.25. The van der Waals surface area contributed by atoms with Crippen LogP contribution in [0.25, 0.3) is 10.6 Å². The van der Waals surface area contributed by atoms with Crippen LogP contribution in [0.4, 0.5) is 0 Å². The van der Waals surface area contributed by atoms with Gasteiger partial charge in [0.2, 0.25) is 5.91 Å². The van der Waals surface area contributed by atoms with Crippen LogP contribution in [0, 0.1) is 6.92 Å². The van der Waals surface area contributed by atoms with E-state index in [4.69, 9.17) is 4.74 Å². The van der Waals surface area contributed by atoms with Crippen molar-refractivity contribution in [3.8, 4) is 16.3 Å². The number of carbonyl (C=O) groups excluding carboxylic acids is 1. The maximum absolute atomic E-state index is 12.0. The number of aryl methyl sites for hydroxylation is 1. The summed E-state index contributed by atoms with van der Waals surface area (Å²) >= 11 is 1.56. The summed E-state index contributed by atoms with van der Waals surface area (Å²) in [4.78, 5) is 17.7. The molecule has 0 saturated carbocycles. The van der Waals surface area contributed by atoms with Gasteiger partial charge in [-0.2, -0.15) is 0 Å². The summed E-state index contributed by atoms with van der Waals surface area (Å²) in [5.74, 6) is 0.872. The Kier molecular flexibility index (Phi) is 6.59. The van der Waals surface area contributed by atoms with Gasteiger partial charge in [-0.15, -0.1) is 11.3 Å². The van der Waals surface area contributed by atoms with Gasteiger partial charge in [0, 0.05) is 11.4 Å². The lowest BCUT2D eigenvalue weighted by Gasteiger charge is -2.04. The van der Waals surface area contributed by atoms with Crippen molar-refractivity contribution >= 4 is 17.2 Å². The first-order chi connectivity index (χ1) is 11.2. The van der Waals surface area contributed by atoms with Gasteiger partial charge >= 0.3 is 0 Å². The van der Waals surface area contributed by atoms with E-state index in [0.717, 1.165) is 52.7 Å². The monoisotopic (exact) mass is 332 g/mol. The highest BCUT2D eigenvalue weighted by Crippen LogP contribution is 2.34. The van der Waals surface area contributed by atoms with Gasteiger partial charge in [-0.1, -0.05) is 31.9 Å². The molecule has 0 aliphatic heterocycles. The lowest BCUT2D eigenvalue weighted by molar-refractivity contribution is -0.120. The van der Waals surface area contributed by atoms with Crippen molar-refractivity contribution < 1.29 is 9.53 Å². The van der Waals surface area contributed by atoms with Crippen molar-refractivity contribution in [2.45, 2.75) is 39.5 Å². The minimum absolute atomic E-state index is 0.0689. The minimum Gasteiger partial charge on any atom is -0.496 e. The summed E-state index contributed by atoms with van der Waals surface area (Å²) in [6.45, 7) is 4.86. The molecule has 0 fully saturated rings. The van der Waals surface area contributed by atoms with Gasteiger partial charge in [0.1, 0.15) is 10.8 Å². The van der Waals surface area contributed by atoms with E-state index < -0.39 is 0 Å². The summed E-state index contributed by atoms with van der Waals surface area (Å²) < 4.78 is 5.39. The molecule has 2 rings (SSSR count). The van der Waals surface area contributed by atoms with Gasteiger partial charge in [0.25, 0.3) is 0 Å². The highest BCUT2D eigenvalue weighted by Gasteiger charge is 2.15. The molecule has 0 spiro atoms. The Hall–Kier alpha value is -1.88. The third kappa shape index (κ3) is 4.79. The third-order valence-corrected chi connectivity index (χ3v) is 4.84. The fourth-order valence-electron chi connectivity index (χ4n) is 2.34. The highest BCUT2D eigenvalue weighted by molar-refractivity contribution is 7.15. The van der Waals surface area contributed by atoms with Gasteiger partial charge in [-0.25, -0.2) is 4.98 Å². The molecule has 1 amide bonds. The van der Waals surface area contributed by atoms with Gasteiger partial charge in [-0.05, 0) is 25.5 Å². The maximum atomic E-state index is 12.0. The van der Waals surface area contributed by atoms with Gasteiger partial charge in [0.15, 0.2) is 0 Å². The molecule has 5 heteroatoms. The van der Waals surface area contributed by atoms with Crippen molar-refractivity contribution in [2.24, 2.45) is 0 Å². The average molecular weight is 332 g/mol. The molecule has 2 aromatic rings. The molecule has 1 N–H and O–H groups in total. The van der Waals surface area contributed by atoms with Gasteiger partial charge in [-0.3, -0.25) is 4.79 Å². The number of methoxy groups -OCH3 is 1. The Bertz CT molecular complexity index is 652. The molecule has 0 unspecified atom stereocenters. The SMILES string of the molecule is CCCCCNC(=O)Cc1sc(-c2ccccc2OC)nc1C. The quantitative estimate of drug-likeness (QED) is 0.744. The van der Waals surface area contributed by atoms with Gasteiger partial charge < -0.3 is 10.1 Å². The first-order valence-corrected chi connectivity index (χ1v) is 8.83. The van der Waals surface area contributed by atoms with Crippen LogP contribution in [0.2, 0.25) is 0 Å². The number of thiazole rings is 1. The molecule has 0 aliphatic rings. The molecule has 0 aliphatic carbocycles. The number of nitrogens with one attached hydrogen (secondary N) is 1. The van der Waals surface area contributed by atoms with E-state index in [1.165, 1.54) is 0 Å². The van der Waals surface area contributed by atoms with Crippen LogP contribution < -0.4 is 10.1 Å². The number of aromatic nitrogens is 1. The zero-order valence-electron chi connectivity index (χ0n) is 14.0. The number of ether oxygens (including phenoxy) is 1. The van der Waals surface area contributed by atoms with Crippen LogP contribution in [0.1, 0.15) is 36.8 Å². The van der Waals surface area contributed by atoms with E-state index in [-0.39, 0.29) is 5.91 Å². The topological polar surface area (TPSA) is 51.2 Å². The number of amides is 1. The van der Waals surface area contributed by atoms with Crippen molar-refractivity contribution in [1.29, 1.82) is 0 Å². The molecule has 0 bridgehead atoms. The van der Waals surface area contributed by atoms with E-state index in [2.05, 4.69) is 17.2 Å². The Labute approximate surface area is 141 Å². The minimum atomic E-state index is 0.0689. The molecular weight excluding hydrogens is 308 g/mol. The zero-order valence-corrected chi connectivity index (χ0v) is 14.8. The van der Waals surface area contributed by atoms with E-state index in [9.17, 15) is 4.79 Å². The largest absolute Gasteiger partial charge is 0.496 e. The second-order valence-corrected chi connectivity index (χ2v) is 6.55. The number of unbranched alkanes of at least 4 members (excludes halogenated alkanes) is 2. The molecule has 1 heterocycles. The van der Waals surface area contributed by atoms with E-state index in [1.54, 1.807) is 18.4 Å². The van der Waals surface area contributed by atoms with Crippen LogP contribution in [-0.4, -0.2) is 24.5 Å². The van der Waals surface area contributed by atoms with E-state index in [1.807, 2.05) is 31.2 Å². The fourth-order valence-corrected chi connectivity index (χ4v) is 3.43. The van der Waals surface area contributed by atoms with Crippen molar-refractivity contribution in [2.75, 3.05) is 13.7 Å². The molecule has 1 aromatic carbocycles. The first-order valence-electron chi connectivity index (χ1n) is 8.02. The average Bonchev–Trinajstić information content (AvgIpc) is 2.92.